The second-order valence-electron chi connectivity index (χ2n) is 2.39. The lowest BCUT2D eigenvalue weighted by molar-refractivity contribution is 0.0337. The van der Waals surface area contributed by atoms with Crippen molar-refractivity contribution in [2.24, 2.45) is 0 Å². The van der Waals surface area contributed by atoms with Crippen molar-refractivity contribution in [3.05, 3.63) is 0 Å². The molecular weight excluding hydrogens is 152 g/mol. The number of hydrogen-bond acceptors (Lipinski definition) is 4. The number of aliphatic hydroxyl groups is 2. The van der Waals surface area contributed by atoms with Crippen LogP contribution in [-0.4, -0.2) is 47.1 Å². The van der Waals surface area contributed by atoms with E-state index in [2.05, 4.69) is 0 Å². The van der Waals surface area contributed by atoms with Gasteiger partial charge in [-0.25, -0.2) is 0 Å². The summed E-state index contributed by atoms with van der Waals surface area (Å²) < 4.78 is 5.10. The predicted molar refractivity (Wildman–Crippen MR) is 40.1 cm³/mol. The van der Waals surface area contributed by atoms with Gasteiger partial charge in [-0.15, -0.1) is 0 Å². The van der Waals surface area contributed by atoms with E-state index in [1.807, 2.05) is 6.26 Å². The Hall–Kier alpha value is 0.230. The lowest BCUT2D eigenvalue weighted by Gasteiger charge is -2.12. The first-order valence-electron chi connectivity index (χ1n) is 3.22. The van der Waals surface area contributed by atoms with Crippen LogP contribution in [0, 0.1) is 0 Å². The molecule has 0 aromatic carbocycles. The maximum absolute atomic E-state index is 9.20. The number of ether oxygens (including phenoxy) is 1. The molecule has 10 heavy (non-hydrogen) atoms. The highest BCUT2D eigenvalue weighted by atomic mass is 32.2. The van der Waals surface area contributed by atoms with E-state index in [0.29, 0.717) is 0 Å². The van der Waals surface area contributed by atoms with E-state index < -0.39 is 12.2 Å². The Labute approximate surface area is 64.4 Å². The molecule has 0 bridgehead atoms. The third-order valence-corrected chi connectivity index (χ3v) is 2.25. The highest BCUT2D eigenvalue weighted by molar-refractivity contribution is 7.98. The first-order chi connectivity index (χ1) is 4.75. The smallest absolute Gasteiger partial charge is 0.109 e. The second-order valence-corrected chi connectivity index (χ2v) is 3.30. The number of rotatable bonds is 2. The molecule has 0 aromatic rings. The van der Waals surface area contributed by atoms with Crippen molar-refractivity contribution in [1.82, 2.24) is 0 Å². The molecule has 1 aliphatic rings. The first kappa shape index (κ1) is 8.33. The molecule has 1 rings (SSSR count). The Morgan fingerprint density at radius 3 is 2.70 bits per heavy atom. The number of aliphatic hydroxyl groups excluding tert-OH is 2. The van der Waals surface area contributed by atoms with Crippen LogP contribution in [0.1, 0.15) is 0 Å². The van der Waals surface area contributed by atoms with Crippen LogP contribution in [0.5, 0.6) is 0 Å². The Morgan fingerprint density at radius 1 is 1.60 bits per heavy atom. The van der Waals surface area contributed by atoms with E-state index in [-0.39, 0.29) is 12.7 Å². The van der Waals surface area contributed by atoms with Gasteiger partial charge in [-0.2, -0.15) is 11.8 Å². The van der Waals surface area contributed by atoms with Gasteiger partial charge in [0.05, 0.1) is 12.7 Å². The van der Waals surface area contributed by atoms with Crippen LogP contribution in [0.4, 0.5) is 0 Å². The van der Waals surface area contributed by atoms with Crippen molar-refractivity contribution in [1.29, 1.82) is 0 Å². The second kappa shape index (κ2) is 3.57. The molecule has 1 fully saturated rings. The molecule has 0 aromatic heterocycles. The van der Waals surface area contributed by atoms with E-state index in [1.165, 1.54) is 0 Å². The molecule has 1 aliphatic heterocycles. The molecule has 4 heteroatoms. The molecule has 60 valence electrons. The van der Waals surface area contributed by atoms with Crippen molar-refractivity contribution in [3.63, 3.8) is 0 Å². The summed E-state index contributed by atoms with van der Waals surface area (Å²) >= 11 is 1.61. The average Bonchev–Trinajstić information content (AvgIpc) is 2.20. The number of hydrogen-bond donors (Lipinski definition) is 2. The minimum atomic E-state index is -0.688. The maximum atomic E-state index is 9.20. The van der Waals surface area contributed by atoms with E-state index in [4.69, 9.17) is 9.84 Å². The van der Waals surface area contributed by atoms with Gasteiger partial charge >= 0.3 is 0 Å². The van der Waals surface area contributed by atoms with Gasteiger partial charge in [-0.1, -0.05) is 0 Å². The largest absolute Gasteiger partial charge is 0.388 e. The SMILES string of the molecule is CSC[C@H]1OC[C@H](O)[C@H]1O. The predicted octanol–water partition coefficient (Wildman–Crippen LogP) is -0.530. The van der Waals surface area contributed by atoms with Gasteiger partial charge in [0, 0.05) is 5.75 Å². The minimum absolute atomic E-state index is 0.176. The van der Waals surface area contributed by atoms with Crippen molar-refractivity contribution in [3.8, 4) is 0 Å². The van der Waals surface area contributed by atoms with Crippen molar-refractivity contribution < 1.29 is 14.9 Å². The molecule has 0 amide bonds. The highest BCUT2D eigenvalue weighted by Crippen LogP contribution is 2.16. The summed E-state index contributed by atoms with van der Waals surface area (Å²) in [5.74, 6) is 0.748. The first-order valence-corrected chi connectivity index (χ1v) is 4.61. The van der Waals surface area contributed by atoms with Gasteiger partial charge in [-0.05, 0) is 6.26 Å². The summed E-state index contributed by atoms with van der Waals surface area (Å²) in [4.78, 5) is 0. The van der Waals surface area contributed by atoms with Crippen LogP contribution in [0.3, 0.4) is 0 Å². The summed E-state index contributed by atoms with van der Waals surface area (Å²) in [5.41, 5.74) is 0. The Bertz CT molecular complexity index is 107. The summed E-state index contributed by atoms with van der Waals surface area (Å²) in [6, 6.07) is 0. The standard InChI is InChI=1S/C6H12O3S/c1-10-3-5-6(8)4(7)2-9-5/h4-8H,2-3H2,1H3/t4-,5+,6+/m0/s1. The molecule has 0 spiro atoms. The van der Waals surface area contributed by atoms with Crippen LogP contribution < -0.4 is 0 Å². The van der Waals surface area contributed by atoms with Crippen LogP contribution >= 0.6 is 11.8 Å². The lowest BCUT2D eigenvalue weighted by atomic mass is 10.2. The van der Waals surface area contributed by atoms with Gasteiger partial charge in [0.2, 0.25) is 0 Å². The zero-order valence-corrected chi connectivity index (χ0v) is 6.67. The average molecular weight is 164 g/mol. The quantitative estimate of drug-likeness (QED) is 0.576. The fourth-order valence-corrected chi connectivity index (χ4v) is 1.60. The zero-order chi connectivity index (χ0) is 7.56. The molecule has 0 saturated carbocycles. The third kappa shape index (κ3) is 1.63. The lowest BCUT2D eigenvalue weighted by Crippen LogP contribution is -2.31. The summed E-state index contributed by atoms with van der Waals surface area (Å²) in [7, 11) is 0. The monoisotopic (exact) mass is 164 g/mol. The summed E-state index contributed by atoms with van der Waals surface area (Å²) in [6.45, 7) is 0.270. The van der Waals surface area contributed by atoms with Crippen LogP contribution in [0.2, 0.25) is 0 Å². The van der Waals surface area contributed by atoms with Gasteiger partial charge in [0.25, 0.3) is 0 Å². The van der Waals surface area contributed by atoms with Crippen molar-refractivity contribution in [2.75, 3.05) is 18.6 Å². The molecular formula is C6H12O3S. The van der Waals surface area contributed by atoms with Crippen LogP contribution in [0.15, 0.2) is 0 Å². The molecule has 2 N–H and O–H groups in total. The van der Waals surface area contributed by atoms with Gasteiger partial charge < -0.3 is 14.9 Å². The fourth-order valence-electron chi connectivity index (χ4n) is 0.978. The molecule has 0 aliphatic carbocycles. The summed E-state index contributed by atoms with van der Waals surface area (Å²) in [5, 5.41) is 18.2. The Morgan fingerprint density at radius 2 is 2.30 bits per heavy atom. The molecule has 0 radical (unpaired) electrons. The molecule has 0 unspecified atom stereocenters. The zero-order valence-electron chi connectivity index (χ0n) is 5.86. The van der Waals surface area contributed by atoms with Crippen LogP contribution in [-0.2, 0) is 4.74 Å². The highest BCUT2D eigenvalue weighted by Gasteiger charge is 2.33. The van der Waals surface area contributed by atoms with Gasteiger partial charge in [-0.3, -0.25) is 0 Å². The van der Waals surface area contributed by atoms with Crippen molar-refractivity contribution in [2.45, 2.75) is 18.3 Å². The summed E-state index contributed by atoms with van der Waals surface area (Å²) in [6.07, 6.45) is 0.399. The van der Waals surface area contributed by atoms with E-state index in [9.17, 15) is 5.11 Å². The van der Waals surface area contributed by atoms with Gasteiger partial charge in [0.15, 0.2) is 0 Å². The topological polar surface area (TPSA) is 49.7 Å². The minimum Gasteiger partial charge on any atom is -0.388 e. The molecule has 3 atom stereocenters. The molecule has 1 saturated heterocycles. The fraction of sp³-hybridized carbons (Fsp3) is 1.00. The van der Waals surface area contributed by atoms with E-state index in [0.717, 1.165) is 5.75 Å². The van der Waals surface area contributed by atoms with E-state index in [1.54, 1.807) is 11.8 Å². The van der Waals surface area contributed by atoms with Crippen LogP contribution in [0.25, 0.3) is 0 Å². The van der Waals surface area contributed by atoms with E-state index >= 15 is 0 Å². The third-order valence-electron chi connectivity index (χ3n) is 1.59. The normalized spacial score (nSPS) is 40.5. The Kier molecular flexibility index (Phi) is 2.97. The maximum Gasteiger partial charge on any atom is 0.109 e. The molecule has 3 nitrogen and oxygen atoms in total. The number of thioether (sulfide) groups is 1. The molecule has 1 heterocycles. The van der Waals surface area contributed by atoms with Crippen molar-refractivity contribution >= 4 is 11.8 Å². The van der Waals surface area contributed by atoms with Gasteiger partial charge in [0.1, 0.15) is 12.2 Å². The Balaban J connectivity index is 2.33.